The SMILES string of the molecule is Cc1ccc(C(=O)Nc2cn[nH]c2)cc1F. The first-order valence-corrected chi connectivity index (χ1v) is 4.73. The standard InChI is InChI=1S/C11H10FN3O/c1-7-2-3-8(4-10(7)12)11(16)15-9-5-13-14-6-9/h2-6H,1H3,(H,13,14)(H,15,16). The lowest BCUT2D eigenvalue weighted by Gasteiger charge is -2.03. The van der Waals surface area contributed by atoms with Crippen LogP contribution in [0.5, 0.6) is 0 Å². The third-order valence-electron chi connectivity index (χ3n) is 2.19. The quantitative estimate of drug-likeness (QED) is 0.812. The summed E-state index contributed by atoms with van der Waals surface area (Å²) in [5, 5.41) is 8.84. The maximum atomic E-state index is 13.2. The van der Waals surface area contributed by atoms with E-state index in [4.69, 9.17) is 0 Å². The number of nitrogens with zero attached hydrogens (tertiary/aromatic N) is 1. The summed E-state index contributed by atoms with van der Waals surface area (Å²) < 4.78 is 13.2. The van der Waals surface area contributed by atoms with Crippen molar-refractivity contribution in [2.45, 2.75) is 6.92 Å². The van der Waals surface area contributed by atoms with Gasteiger partial charge in [-0.1, -0.05) is 6.07 Å². The van der Waals surface area contributed by atoms with Gasteiger partial charge < -0.3 is 5.32 Å². The first-order chi connectivity index (χ1) is 7.66. The summed E-state index contributed by atoms with van der Waals surface area (Å²) in [4.78, 5) is 11.7. The predicted molar refractivity (Wildman–Crippen MR) is 57.7 cm³/mol. The number of amides is 1. The van der Waals surface area contributed by atoms with Gasteiger partial charge in [0.2, 0.25) is 0 Å². The average Bonchev–Trinajstić information content (AvgIpc) is 2.74. The summed E-state index contributed by atoms with van der Waals surface area (Å²) in [7, 11) is 0. The number of hydrogen-bond donors (Lipinski definition) is 2. The van der Waals surface area contributed by atoms with Crippen LogP contribution in [0.3, 0.4) is 0 Å². The van der Waals surface area contributed by atoms with E-state index in [0.29, 0.717) is 11.3 Å². The first kappa shape index (κ1) is 10.4. The van der Waals surface area contributed by atoms with Crippen molar-refractivity contribution in [3.05, 3.63) is 47.5 Å². The second kappa shape index (κ2) is 4.14. The van der Waals surface area contributed by atoms with E-state index in [0.717, 1.165) is 0 Å². The van der Waals surface area contributed by atoms with Gasteiger partial charge in [0.15, 0.2) is 0 Å². The highest BCUT2D eigenvalue weighted by atomic mass is 19.1. The van der Waals surface area contributed by atoms with E-state index in [1.165, 1.54) is 12.3 Å². The van der Waals surface area contributed by atoms with Crippen molar-refractivity contribution >= 4 is 11.6 Å². The number of nitrogens with one attached hydrogen (secondary N) is 2. The Labute approximate surface area is 91.5 Å². The van der Waals surface area contributed by atoms with E-state index in [2.05, 4.69) is 15.5 Å². The minimum atomic E-state index is -0.389. The van der Waals surface area contributed by atoms with Crippen LogP contribution in [0.25, 0.3) is 0 Å². The predicted octanol–water partition coefficient (Wildman–Crippen LogP) is 2.11. The van der Waals surface area contributed by atoms with E-state index in [1.807, 2.05) is 0 Å². The minimum absolute atomic E-state index is 0.282. The van der Waals surface area contributed by atoms with Gasteiger partial charge >= 0.3 is 0 Å². The lowest BCUT2D eigenvalue weighted by molar-refractivity contribution is 0.102. The number of hydrogen-bond acceptors (Lipinski definition) is 2. The molecule has 0 fully saturated rings. The molecule has 4 nitrogen and oxygen atoms in total. The lowest BCUT2D eigenvalue weighted by Crippen LogP contribution is -2.11. The van der Waals surface area contributed by atoms with E-state index >= 15 is 0 Å². The molecule has 0 bridgehead atoms. The molecular weight excluding hydrogens is 209 g/mol. The smallest absolute Gasteiger partial charge is 0.255 e. The molecule has 0 spiro atoms. The van der Waals surface area contributed by atoms with Crippen molar-refractivity contribution in [1.82, 2.24) is 10.2 Å². The van der Waals surface area contributed by atoms with Crippen LogP contribution in [-0.4, -0.2) is 16.1 Å². The van der Waals surface area contributed by atoms with Crippen LogP contribution in [0.15, 0.2) is 30.6 Å². The molecule has 0 aliphatic heterocycles. The Morgan fingerprint density at radius 1 is 1.50 bits per heavy atom. The van der Waals surface area contributed by atoms with Gasteiger partial charge in [-0.05, 0) is 24.6 Å². The normalized spacial score (nSPS) is 10.1. The Morgan fingerprint density at radius 3 is 2.94 bits per heavy atom. The van der Waals surface area contributed by atoms with Gasteiger partial charge in [-0.2, -0.15) is 5.10 Å². The van der Waals surface area contributed by atoms with Crippen molar-refractivity contribution in [3.8, 4) is 0 Å². The molecule has 82 valence electrons. The number of carbonyl (C=O) groups excluding carboxylic acids is 1. The molecule has 0 radical (unpaired) electrons. The zero-order chi connectivity index (χ0) is 11.5. The molecule has 2 aromatic rings. The van der Waals surface area contributed by atoms with Crippen LogP contribution in [0.1, 0.15) is 15.9 Å². The number of rotatable bonds is 2. The van der Waals surface area contributed by atoms with Gasteiger partial charge in [-0.25, -0.2) is 4.39 Å². The second-order valence-corrected chi connectivity index (χ2v) is 3.41. The molecule has 2 rings (SSSR count). The van der Waals surface area contributed by atoms with Crippen LogP contribution >= 0.6 is 0 Å². The highest BCUT2D eigenvalue weighted by Gasteiger charge is 2.08. The molecule has 0 aliphatic rings. The monoisotopic (exact) mass is 219 g/mol. The Morgan fingerprint density at radius 2 is 2.31 bits per heavy atom. The van der Waals surface area contributed by atoms with Crippen molar-refractivity contribution < 1.29 is 9.18 Å². The largest absolute Gasteiger partial charge is 0.319 e. The van der Waals surface area contributed by atoms with Gasteiger partial charge in [0.1, 0.15) is 5.82 Å². The maximum Gasteiger partial charge on any atom is 0.255 e. The molecule has 16 heavy (non-hydrogen) atoms. The van der Waals surface area contributed by atoms with Gasteiger partial charge in [0.05, 0.1) is 11.9 Å². The van der Waals surface area contributed by atoms with E-state index in [1.54, 1.807) is 25.3 Å². The number of anilines is 1. The number of halogens is 1. The van der Waals surface area contributed by atoms with Crippen LogP contribution in [-0.2, 0) is 0 Å². The summed E-state index contributed by atoms with van der Waals surface area (Å²) in [6.45, 7) is 1.65. The summed E-state index contributed by atoms with van der Waals surface area (Å²) in [6.07, 6.45) is 3.02. The van der Waals surface area contributed by atoms with Crippen molar-refractivity contribution in [2.75, 3.05) is 5.32 Å². The molecule has 2 N–H and O–H groups in total. The van der Waals surface area contributed by atoms with E-state index in [-0.39, 0.29) is 17.3 Å². The molecule has 0 saturated heterocycles. The van der Waals surface area contributed by atoms with Crippen molar-refractivity contribution in [2.24, 2.45) is 0 Å². The number of aromatic amines is 1. The fourth-order valence-electron chi connectivity index (χ4n) is 1.26. The van der Waals surface area contributed by atoms with Crippen LogP contribution in [0, 0.1) is 12.7 Å². The summed E-state index contributed by atoms with van der Waals surface area (Å²) in [6, 6.07) is 4.36. The molecule has 0 saturated carbocycles. The Balaban J connectivity index is 2.18. The summed E-state index contributed by atoms with van der Waals surface area (Å²) in [5.74, 6) is -0.750. The zero-order valence-electron chi connectivity index (χ0n) is 8.62. The third-order valence-corrected chi connectivity index (χ3v) is 2.19. The highest BCUT2D eigenvalue weighted by Crippen LogP contribution is 2.11. The Kier molecular flexibility index (Phi) is 2.68. The van der Waals surface area contributed by atoms with Gasteiger partial charge in [0.25, 0.3) is 5.91 Å². The third kappa shape index (κ3) is 2.08. The number of aryl methyl sites for hydroxylation is 1. The lowest BCUT2D eigenvalue weighted by atomic mass is 10.1. The van der Waals surface area contributed by atoms with Gasteiger partial charge in [-0.15, -0.1) is 0 Å². The molecule has 0 unspecified atom stereocenters. The van der Waals surface area contributed by atoms with E-state index in [9.17, 15) is 9.18 Å². The zero-order valence-corrected chi connectivity index (χ0v) is 8.62. The fourth-order valence-corrected chi connectivity index (χ4v) is 1.26. The number of H-pyrrole nitrogens is 1. The fraction of sp³-hybridized carbons (Fsp3) is 0.0909. The van der Waals surface area contributed by atoms with Crippen LogP contribution in [0.4, 0.5) is 10.1 Å². The molecule has 1 aromatic carbocycles. The molecule has 1 amide bonds. The number of aromatic nitrogens is 2. The van der Waals surface area contributed by atoms with E-state index < -0.39 is 0 Å². The number of carbonyl (C=O) groups is 1. The molecule has 1 aromatic heterocycles. The van der Waals surface area contributed by atoms with Crippen molar-refractivity contribution in [3.63, 3.8) is 0 Å². The van der Waals surface area contributed by atoms with Gasteiger partial charge in [0, 0.05) is 11.8 Å². The molecule has 1 heterocycles. The van der Waals surface area contributed by atoms with Gasteiger partial charge in [-0.3, -0.25) is 9.89 Å². The summed E-state index contributed by atoms with van der Waals surface area (Å²) >= 11 is 0. The topological polar surface area (TPSA) is 57.8 Å². The Bertz CT molecular complexity index is 508. The number of benzene rings is 1. The molecular formula is C11H10FN3O. The average molecular weight is 219 g/mol. The summed E-state index contributed by atoms with van der Waals surface area (Å²) in [5.41, 5.74) is 1.34. The second-order valence-electron chi connectivity index (χ2n) is 3.41. The molecule has 0 atom stereocenters. The molecule has 0 aliphatic carbocycles. The maximum absolute atomic E-state index is 13.2. The first-order valence-electron chi connectivity index (χ1n) is 4.73. The van der Waals surface area contributed by atoms with Crippen molar-refractivity contribution in [1.29, 1.82) is 0 Å². The van der Waals surface area contributed by atoms with Crippen LogP contribution in [0.2, 0.25) is 0 Å². The highest BCUT2D eigenvalue weighted by molar-refractivity contribution is 6.04. The Hall–Kier alpha value is -2.17. The van der Waals surface area contributed by atoms with Crippen LogP contribution < -0.4 is 5.32 Å². The minimum Gasteiger partial charge on any atom is -0.319 e. The molecule has 5 heteroatoms.